The van der Waals surface area contributed by atoms with Crippen LogP contribution in [0.5, 0.6) is 0 Å². The number of unbranched alkanes of at least 4 members (excludes halogenated alkanes) is 18. The smallest absolute Gasteiger partial charge is 0.362 e. The molecule has 8 nitrogen and oxygen atoms in total. The number of aliphatic carboxylic acids is 1. The summed E-state index contributed by atoms with van der Waals surface area (Å²) in [6.45, 7) is 4.60. The Morgan fingerprint density at radius 2 is 0.949 bits per heavy atom. The monoisotopic (exact) mass is 829 g/mol. The molecule has 1 N–H and O–H groups in total. The minimum absolute atomic E-state index is 0.0544. The molecule has 0 aromatic heterocycles. The summed E-state index contributed by atoms with van der Waals surface area (Å²) in [6.07, 6.45) is 51.1. The van der Waals surface area contributed by atoms with Crippen molar-refractivity contribution in [1.82, 2.24) is 0 Å². The number of quaternary nitrogens is 1. The molecule has 59 heavy (non-hydrogen) atoms. The normalized spacial score (nSPS) is 13.4. The minimum atomic E-state index is -0.878. The lowest BCUT2D eigenvalue weighted by atomic mass is 10.1. The van der Waals surface area contributed by atoms with Crippen molar-refractivity contribution in [3.05, 3.63) is 60.8 Å². The molecule has 0 amide bonds. The lowest BCUT2D eigenvalue weighted by Crippen LogP contribution is -2.50. The molecule has 0 aliphatic rings. The fourth-order valence-corrected chi connectivity index (χ4v) is 6.72. The van der Waals surface area contributed by atoms with E-state index in [-0.39, 0.29) is 36.2 Å². The SMILES string of the molecule is CC/C=C/C/C=C/C/C=C/C/C=C/CCCCCCCCCC(=O)OCC(COCCC(C(=O)O)[N+](C)(C)C)OC(=O)CCCCCCCCC/C=C/CCCCCC. The van der Waals surface area contributed by atoms with Gasteiger partial charge in [-0.15, -0.1) is 0 Å². The number of carbonyl (C=O) groups is 3. The number of carbonyl (C=O) groups excluding carboxylic acids is 2. The first-order valence-electron chi connectivity index (χ1n) is 23.8. The van der Waals surface area contributed by atoms with Gasteiger partial charge in [0, 0.05) is 19.3 Å². The van der Waals surface area contributed by atoms with Crippen LogP contribution in [-0.2, 0) is 28.6 Å². The molecule has 0 spiro atoms. The molecule has 0 saturated carbocycles. The van der Waals surface area contributed by atoms with Crippen molar-refractivity contribution < 1.29 is 38.2 Å². The van der Waals surface area contributed by atoms with Crippen LogP contribution in [0.1, 0.15) is 194 Å². The highest BCUT2D eigenvalue weighted by molar-refractivity contribution is 5.72. The number of esters is 2. The molecule has 0 aliphatic heterocycles. The summed E-state index contributed by atoms with van der Waals surface area (Å²) in [5, 5.41) is 9.63. The Morgan fingerprint density at radius 3 is 1.42 bits per heavy atom. The van der Waals surface area contributed by atoms with Gasteiger partial charge in [0.05, 0.1) is 34.4 Å². The largest absolute Gasteiger partial charge is 0.477 e. The van der Waals surface area contributed by atoms with Gasteiger partial charge in [-0.1, -0.05) is 158 Å². The fraction of sp³-hybridized carbons (Fsp3) is 0.745. The van der Waals surface area contributed by atoms with Crippen LogP contribution in [0.3, 0.4) is 0 Å². The van der Waals surface area contributed by atoms with E-state index in [4.69, 9.17) is 14.2 Å². The molecule has 2 unspecified atom stereocenters. The predicted octanol–water partition coefficient (Wildman–Crippen LogP) is 13.4. The number of carboxylic acids is 1. The topological polar surface area (TPSA) is 99.1 Å². The molecule has 0 fully saturated rings. The van der Waals surface area contributed by atoms with E-state index in [0.717, 1.165) is 70.6 Å². The average Bonchev–Trinajstić information content (AvgIpc) is 3.19. The van der Waals surface area contributed by atoms with Crippen LogP contribution in [-0.4, -0.2) is 80.6 Å². The van der Waals surface area contributed by atoms with E-state index in [1.54, 1.807) is 0 Å². The van der Waals surface area contributed by atoms with E-state index in [1.807, 2.05) is 21.1 Å². The molecular formula is C51H90NO7+. The van der Waals surface area contributed by atoms with Crippen molar-refractivity contribution in [1.29, 1.82) is 0 Å². The number of ether oxygens (including phenoxy) is 3. The van der Waals surface area contributed by atoms with Gasteiger partial charge in [-0.05, 0) is 77.0 Å². The Kier molecular flexibility index (Phi) is 39.6. The number of rotatable bonds is 42. The summed E-state index contributed by atoms with van der Waals surface area (Å²) in [7, 11) is 5.52. The molecule has 340 valence electrons. The van der Waals surface area contributed by atoms with E-state index < -0.39 is 18.1 Å². The molecule has 0 heterocycles. The number of hydrogen-bond donors (Lipinski definition) is 1. The van der Waals surface area contributed by atoms with Crippen LogP contribution < -0.4 is 0 Å². The van der Waals surface area contributed by atoms with Gasteiger partial charge >= 0.3 is 17.9 Å². The van der Waals surface area contributed by atoms with Crippen molar-refractivity contribution in [3.8, 4) is 0 Å². The summed E-state index contributed by atoms with van der Waals surface area (Å²) in [6, 6.07) is -0.619. The van der Waals surface area contributed by atoms with Crippen LogP contribution >= 0.6 is 0 Å². The zero-order chi connectivity index (χ0) is 43.5. The number of hydrogen-bond acceptors (Lipinski definition) is 6. The molecule has 0 rings (SSSR count). The fourth-order valence-electron chi connectivity index (χ4n) is 6.72. The van der Waals surface area contributed by atoms with Crippen molar-refractivity contribution in [2.45, 2.75) is 206 Å². The third kappa shape index (κ3) is 40.2. The van der Waals surface area contributed by atoms with Crippen molar-refractivity contribution in [3.63, 3.8) is 0 Å². The third-order valence-electron chi connectivity index (χ3n) is 10.4. The zero-order valence-electron chi connectivity index (χ0n) is 38.7. The van der Waals surface area contributed by atoms with Gasteiger partial charge in [0.15, 0.2) is 12.1 Å². The summed E-state index contributed by atoms with van der Waals surface area (Å²) in [5.74, 6) is -1.49. The van der Waals surface area contributed by atoms with Crippen LogP contribution in [0.4, 0.5) is 0 Å². The van der Waals surface area contributed by atoms with Gasteiger partial charge in [-0.3, -0.25) is 9.59 Å². The molecule has 0 bridgehead atoms. The Labute approximate surface area is 362 Å². The first-order valence-corrected chi connectivity index (χ1v) is 23.8. The second-order valence-corrected chi connectivity index (χ2v) is 17.0. The van der Waals surface area contributed by atoms with E-state index in [9.17, 15) is 19.5 Å². The maximum Gasteiger partial charge on any atom is 0.362 e. The highest BCUT2D eigenvalue weighted by Gasteiger charge is 2.31. The zero-order valence-corrected chi connectivity index (χ0v) is 38.7. The first kappa shape index (κ1) is 56.0. The average molecular weight is 829 g/mol. The van der Waals surface area contributed by atoms with E-state index >= 15 is 0 Å². The molecule has 0 aromatic carbocycles. The van der Waals surface area contributed by atoms with E-state index in [0.29, 0.717) is 19.3 Å². The summed E-state index contributed by atoms with van der Waals surface area (Å²) in [4.78, 5) is 37.1. The number of carboxylic acid groups (broad SMARTS) is 1. The van der Waals surface area contributed by atoms with Gasteiger partial charge in [0.1, 0.15) is 6.61 Å². The van der Waals surface area contributed by atoms with Gasteiger partial charge in [0.25, 0.3) is 0 Å². The van der Waals surface area contributed by atoms with Gasteiger partial charge in [-0.2, -0.15) is 0 Å². The lowest BCUT2D eigenvalue weighted by molar-refractivity contribution is -0.887. The summed E-state index contributed by atoms with van der Waals surface area (Å²) >= 11 is 0. The lowest BCUT2D eigenvalue weighted by Gasteiger charge is -2.31. The second kappa shape index (κ2) is 41.8. The quantitative estimate of drug-likeness (QED) is 0.0283. The molecule has 0 aromatic rings. The Balaban J connectivity index is 4.31. The van der Waals surface area contributed by atoms with Crippen LogP contribution in [0.2, 0.25) is 0 Å². The first-order chi connectivity index (χ1) is 28.6. The van der Waals surface area contributed by atoms with Crippen molar-refractivity contribution >= 4 is 17.9 Å². The highest BCUT2D eigenvalue weighted by Crippen LogP contribution is 2.14. The minimum Gasteiger partial charge on any atom is -0.477 e. The molecule has 8 heteroatoms. The number of likely N-dealkylation sites (N-methyl/N-ethyl adjacent to an activating group) is 1. The van der Waals surface area contributed by atoms with E-state index in [2.05, 4.69) is 74.6 Å². The summed E-state index contributed by atoms with van der Waals surface area (Å²) < 4.78 is 17.3. The number of allylic oxidation sites excluding steroid dienone is 10. The van der Waals surface area contributed by atoms with Crippen molar-refractivity contribution in [2.75, 3.05) is 41.0 Å². The molecular weight excluding hydrogens is 739 g/mol. The van der Waals surface area contributed by atoms with Crippen LogP contribution in [0, 0.1) is 0 Å². The Bertz CT molecular complexity index is 1150. The maximum atomic E-state index is 12.7. The van der Waals surface area contributed by atoms with Crippen molar-refractivity contribution in [2.24, 2.45) is 0 Å². The molecule has 2 atom stereocenters. The third-order valence-corrected chi connectivity index (χ3v) is 10.4. The molecule has 0 aliphatic carbocycles. The van der Waals surface area contributed by atoms with Crippen LogP contribution in [0.25, 0.3) is 0 Å². The predicted molar refractivity (Wildman–Crippen MR) is 247 cm³/mol. The van der Waals surface area contributed by atoms with Crippen LogP contribution in [0.15, 0.2) is 60.8 Å². The molecule has 0 saturated heterocycles. The Hall–Kier alpha value is -2.97. The van der Waals surface area contributed by atoms with Gasteiger partial charge in [-0.25, -0.2) is 4.79 Å². The second-order valence-electron chi connectivity index (χ2n) is 17.0. The summed E-state index contributed by atoms with van der Waals surface area (Å²) in [5.41, 5.74) is 0. The Morgan fingerprint density at radius 1 is 0.525 bits per heavy atom. The van der Waals surface area contributed by atoms with Gasteiger partial charge in [0.2, 0.25) is 0 Å². The van der Waals surface area contributed by atoms with Gasteiger partial charge < -0.3 is 23.8 Å². The standard InChI is InChI=1S/C51H89NO7/c1-6-8-10-12-14-16-18-20-22-23-24-25-26-28-29-31-33-35-37-39-41-49(53)58-46-47(45-57-44-43-48(51(55)56)52(3,4)5)59-50(54)42-40-38-36-34-32-30-27-21-19-17-15-13-11-9-7-2/h8,10,14,16-17,19-20,22,24-25,47-48H,6-7,9,11-13,15,18,21,23,26-46H2,1-5H3/p+1/b10-8+,16-14+,19-17+,22-20+,25-24+. The number of nitrogens with zero attached hydrogens (tertiary/aromatic N) is 1. The highest BCUT2D eigenvalue weighted by atomic mass is 16.6. The van der Waals surface area contributed by atoms with E-state index in [1.165, 1.54) is 89.9 Å². The molecule has 0 radical (unpaired) electrons. The maximum absolute atomic E-state index is 12.7.